The summed E-state index contributed by atoms with van der Waals surface area (Å²) in [6.45, 7) is 7.58. The third-order valence-corrected chi connectivity index (χ3v) is 6.07. The quantitative estimate of drug-likeness (QED) is 0.830. The van der Waals surface area contributed by atoms with Crippen LogP contribution in [0.5, 0.6) is 0 Å². The van der Waals surface area contributed by atoms with E-state index in [1.165, 1.54) is 38.5 Å². The molecule has 3 fully saturated rings. The van der Waals surface area contributed by atoms with Crippen molar-refractivity contribution in [3.8, 4) is 0 Å². The lowest BCUT2D eigenvalue weighted by Crippen LogP contribution is -2.48. The van der Waals surface area contributed by atoms with Crippen LogP contribution in [0.3, 0.4) is 0 Å². The number of hydrogen-bond acceptors (Lipinski definition) is 1. The second-order valence-electron chi connectivity index (χ2n) is 8.88. The van der Waals surface area contributed by atoms with Gasteiger partial charge in [-0.2, -0.15) is 0 Å². The Balaban J connectivity index is 1.57. The van der Waals surface area contributed by atoms with Crippen LogP contribution >= 0.6 is 0 Å². The fourth-order valence-corrected chi connectivity index (χ4v) is 5.11. The number of hydrogen-bond donors (Lipinski definition) is 1. The average molecular weight is 277 g/mol. The molecule has 20 heavy (non-hydrogen) atoms. The third-order valence-electron chi connectivity index (χ3n) is 6.07. The second-order valence-corrected chi connectivity index (χ2v) is 8.88. The van der Waals surface area contributed by atoms with Crippen LogP contribution in [-0.4, -0.2) is 12.5 Å². The van der Waals surface area contributed by atoms with E-state index in [0.717, 1.165) is 30.7 Å². The molecule has 0 aliphatic heterocycles. The lowest BCUT2D eigenvalue weighted by Gasteiger charge is -2.51. The Kier molecular flexibility index (Phi) is 3.85. The monoisotopic (exact) mass is 277 g/mol. The van der Waals surface area contributed by atoms with Crippen molar-refractivity contribution in [1.29, 1.82) is 0 Å². The fourth-order valence-electron chi connectivity index (χ4n) is 5.11. The van der Waals surface area contributed by atoms with Gasteiger partial charge in [-0.05, 0) is 67.6 Å². The Morgan fingerprint density at radius 1 is 1.05 bits per heavy atom. The van der Waals surface area contributed by atoms with Crippen LogP contribution in [0.2, 0.25) is 0 Å². The van der Waals surface area contributed by atoms with Crippen molar-refractivity contribution in [1.82, 2.24) is 5.32 Å². The Morgan fingerprint density at radius 3 is 2.55 bits per heavy atom. The maximum absolute atomic E-state index is 12.6. The van der Waals surface area contributed by atoms with Crippen LogP contribution in [0.15, 0.2) is 0 Å². The molecule has 0 heterocycles. The van der Waals surface area contributed by atoms with E-state index in [0.29, 0.717) is 23.2 Å². The lowest BCUT2D eigenvalue weighted by atomic mass is 9.54. The van der Waals surface area contributed by atoms with Gasteiger partial charge in [0.2, 0.25) is 5.91 Å². The first-order chi connectivity index (χ1) is 9.42. The minimum absolute atomic E-state index is 0.314. The molecule has 2 nitrogen and oxygen atoms in total. The van der Waals surface area contributed by atoms with Crippen molar-refractivity contribution in [3.63, 3.8) is 0 Å². The molecule has 3 aliphatic carbocycles. The first kappa shape index (κ1) is 14.4. The predicted molar refractivity (Wildman–Crippen MR) is 82.2 cm³/mol. The predicted octanol–water partition coefficient (Wildman–Crippen LogP) is 4.00. The van der Waals surface area contributed by atoms with E-state index in [2.05, 4.69) is 26.1 Å². The zero-order chi connectivity index (χ0) is 14.3. The van der Waals surface area contributed by atoms with Crippen LogP contribution in [0.4, 0.5) is 0 Å². The maximum Gasteiger partial charge on any atom is 0.223 e. The number of amides is 1. The summed E-state index contributed by atoms with van der Waals surface area (Å²) in [5, 5.41) is 3.24. The van der Waals surface area contributed by atoms with Crippen molar-refractivity contribution in [2.24, 2.45) is 35.0 Å². The smallest absolute Gasteiger partial charge is 0.223 e. The Bertz CT molecular complexity index is 364. The maximum atomic E-state index is 12.6. The van der Waals surface area contributed by atoms with Gasteiger partial charge >= 0.3 is 0 Å². The van der Waals surface area contributed by atoms with Gasteiger partial charge in [-0.25, -0.2) is 0 Å². The molecule has 114 valence electrons. The molecule has 5 unspecified atom stereocenters. The number of rotatable bonds is 3. The summed E-state index contributed by atoms with van der Waals surface area (Å²) < 4.78 is 0. The Morgan fingerprint density at radius 2 is 1.80 bits per heavy atom. The lowest BCUT2D eigenvalue weighted by molar-refractivity contribution is -0.133. The highest BCUT2D eigenvalue weighted by Gasteiger charge is 2.47. The summed E-state index contributed by atoms with van der Waals surface area (Å²) >= 11 is 0. The van der Waals surface area contributed by atoms with Crippen LogP contribution in [0, 0.1) is 35.0 Å². The molecule has 2 heteroatoms. The van der Waals surface area contributed by atoms with Gasteiger partial charge < -0.3 is 5.32 Å². The molecule has 3 rings (SSSR count). The van der Waals surface area contributed by atoms with Gasteiger partial charge in [0.1, 0.15) is 0 Å². The van der Waals surface area contributed by atoms with Gasteiger partial charge in [0.25, 0.3) is 0 Å². The summed E-state index contributed by atoms with van der Waals surface area (Å²) in [7, 11) is 0. The summed E-state index contributed by atoms with van der Waals surface area (Å²) in [5.41, 5.74) is 0.314. The van der Waals surface area contributed by atoms with Crippen LogP contribution in [0.1, 0.15) is 65.7 Å². The summed E-state index contributed by atoms with van der Waals surface area (Å²) in [5.74, 6) is 4.14. The molecular weight excluding hydrogens is 246 g/mol. The topological polar surface area (TPSA) is 29.1 Å². The summed E-state index contributed by atoms with van der Waals surface area (Å²) in [6.07, 6.45) is 9.22. The van der Waals surface area contributed by atoms with Crippen molar-refractivity contribution >= 4 is 5.91 Å². The summed E-state index contributed by atoms with van der Waals surface area (Å²) in [4.78, 5) is 12.6. The van der Waals surface area contributed by atoms with Crippen LogP contribution < -0.4 is 5.32 Å². The van der Waals surface area contributed by atoms with Gasteiger partial charge in [0.05, 0.1) is 0 Å². The van der Waals surface area contributed by atoms with Gasteiger partial charge in [-0.1, -0.05) is 27.2 Å². The molecule has 3 bridgehead atoms. The first-order valence-electron chi connectivity index (χ1n) is 8.70. The highest BCUT2D eigenvalue weighted by Crippen LogP contribution is 2.54. The van der Waals surface area contributed by atoms with E-state index in [-0.39, 0.29) is 0 Å². The standard InChI is InChI=1S/C18H31NO/c1-18(2,3)6-7-19-17(20)16-11-13-8-12-4-5-15(16)14(9-12)10-13/h12-16H,4-11H2,1-3H3,(H,19,20). The number of nitrogens with one attached hydrogen (secondary N) is 1. The molecule has 0 spiro atoms. The zero-order valence-electron chi connectivity index (χ0n) is 13.5. The highest BCUT2D eigenvalue weighted by atomic mass is 16.1. The molecule has 0 radical (unpaired) electrons. The van der Waals surface area contributed by atoms with Crippen molar-refractivity contribution in [3.05, 3.63) is 0 Å². The molecule has 0 aromatic heterocycles. The highest BCUT2D eigenvalue weighted by molar-refractivity contribution is 5.79. The fraction of sp³-hybridized carbons (Fsp3) is 0.944. The first-order valence-corrected chi connectivity index (χ1v) is 8.70. The number of carbonyl (C=O) groups excluding carboxylic acids is 1. The number of fused-ring (bicyclic) bond motifs is 2. The van der Waals surface area contributed by atoms with E-state index >= 15 is 0 Å². The van der Waals surface area contributed by atoms with Gasteiger partial charge in [0, 0.05) is 12.5 Å². The SMILES string of the molecule is CC(C)(C)CCNC(=O)C1CC2CC3CCC1C(C3)C2. The molecule has 0 aromatic carbocycles. The van der Waals surface area contributed by atoms with Crippen molar-refractivity contribution < 1.29 is 4.79 Å². The van der Waals surface area contributed by atoms with Gasteiger partial charge in [-0.15, -0.1) is 0 Å². The van der Waals surface area contributed by atoms with Crippen LogP contribution in [0.25, 0.3) is 0 Å². The molecule has 3 aliphatic rings. The normalized spacial score (nSPS) is 39.6. The molecule has 1 amide bonds. The molecular formula is C18H31NO. The average Bonchev–Trinajstić information content (AvgIpc) is 2.33. The van der Waals surface area contributed by atoms with E-state index in [1.807, 2.05) is 0 Å². The minimum atomic E-state index is 0.314. The van der Waals surface area contributed by atoms with Crippen molar-refractivity contribution in [2.45, 2.75) is 65.7 Å². The summed E-state index contributed by atoms with van der Waals surface area (Å²) in [6, 6.07) is 0. The minimum Gasteiger partial charge on any atom is -0.356 e. The molecule has 0 saturated heterocycles. The Hall–Kier alpha value is -0.530. The van der Waals surface area contributed by atoms with Crippen LogP contribution in [-0.2, 0) is 4.79 Å². The van der Waals surface area contributed by atoms with Gasteiger partial charge in [0.15, 0.2) is 0 Å². The number of carbonyl (C=O) groups is 1. The van der Waals surface area contributed by atoms with E-state index in [1.54, 1.807) is 0 Å². The van der Waals surface area contributed by atoms with E-state index in [9.17, 15) is 4.79 Å². The molecule has 5 atom stereocenters. The van der Waals surface area contributed by atoms with Gasteiger partial charge in [-0.3, -0.25) is 4.79 Å². The molecule has 3 saturated carbocycles. The second kappa shape index (κ2) is 5.35. The zero-order valence-corrected chi connectivity index (χ0v) is 13.5. The third kappa shape index (κ3) is 3.04. The Labute approximate surface area is 124 Å². The molecule has 1 N–H and O–H groups in total. The molecule has 0 aromatic rings. The van der Waals surface area contributed by atoms with Crippen molar-refractivity contribution in [2.75, 3.05) is 6.54 Å². The largest absolute Gasteiger partial charge is 0.356 e. The van der Waals surface area contributed by atoms with E-state index in [4.69, 9.17) is 0 Å². The van der Waals surface area contributed by atoms with E-state index < -0.39 is 0 Å².